The number of nitrogens with one attached hydrogen (secondary N) is 1. The molecule has 0 fully saturated rings. The van der Waals surface area contributed by atoms with Crippen molar-refractivity contribution in [2.24, 2.45) is 5.73 Å². The van der Waals surface area contributed by atoms with Gasteiger partial charge in [-0.15, -0.1) is 0 Å². The summed E-state index contributed by atoms with van der Waals surface area (Å²) in [6, 6.07) is 10.0. The number of carbonyl (C=O) groups is 3. The molecule has 32 heavy (non-hydrogen) atoms. The number of fused-ring (bicyclic) bond motifs is 1. The Bertz CT molecular complexity index is 1050. The van der Waals surface area contributed by atoms with Gasteiger partial charge in [0.2, 0.25) is 17.7 Å². The quantitative estimate of drug-likeness (QED) is 0.669. The van der Waals surface area contributed by atoms with Crippen molar-refractivity contribution in [3.63, 3.8) is 0 Å². The Labute approximate surface area is 182 Å². The van der Waals surface area contributed by atoms with Crippen LogP contribution in [0.25, 0.3) is 6.08 Å². The van der Waals surface area contributed by atoms with Crippen LogP contribution in [-0.4, -0.2) is 35.7 Å². The Hall–Kier alpha value is -3.62. The smallest absolute Gasteiger partial charge is 0.369 e. The van der Waals surface area contributed by atoms with Gasteiger partial charge in [0, 0.05) is 19.2 Å². The first kappa shape index (κ1) is 23.1. The van der Waals surface area contributed by atoms with Gasteiger partial charge >= 0.3 is 6.18 Å². The summed E-state index contributed by atoms with van der Waals surface area (Å²) in [5, 5.41) is 2.49. The number of alkyl halides is 3. The maximum atomic E-state index is 12.6. The third-order valence-corrected chi connectivity index (χ3v) is 5.09. The number of hydrogen-bond donors (Lipinski definition) is 2. The van der Waals surface area contributed by atoms with Crippen LogP contribution in [0.4, 0.5) is 13.2 Å². The van der Waals surface area contributed by atoms with Crippen molar-refractivity contribution >= 4 is 23.8 Å². The van der Waals surface area contributed by atoms with Gasteiger partial charge in [-0.1, -0.05) is 30.3 Å². The van der Waals surface area contributed by atoms with Gasteiger partial charge in [-0.2, -0.15) is 13.2 Å². The van der Waals surface area contributed by atoms with Crippen molar-refractivity contribution in [1.29, 1.82) is 0 Å². The molecule has 0 spiro atoms. The van der Waals surface area contributed by atoms with Gasteiger partial charge < -0.3 is 16.0 Å². The molecule has 0 atom stereocenters. The van der Waals surface area contributed by atoms with Crippen LogP contribution in [0.3, 0.4) is 0 Å². The summed E-state index contributed by atoms with van der Waals surface area (Å²) in [6.07, 6.45) is -1.07. The molecule has 2 aromatic rings. The molecule has 3 N–H and O–H groups in total. The summed E-state index contributed by atoms with van der Waals surface area (Å²) in [4.78, 5) is 37.1. The molecule has 0 saturated carbocycles. The fourth-order valence-corrected chi connectivity index (χ4v) is 3.42. The molecule has 168 valence electrons. The number of primary amides is 1. The highest BCUT2D eigenvalue weighted by molar-refractivity contribution is 5.94. The monoisotopic (exact) mass is 445 g/mol. The van der Waals surface area contributed by atoms with E-state index in [4.69, 9.17) is 5.73 Å². The summed E-state index contributed by atoms with van der Waals surface area (Å²) in [6.45, 7) is 0.705. The standard InChI is InChI=1S/C23H22F3N3O3/c24-23(25,26)19-6-2-15(3-7-19)4-8-21(31)28-13-22(32)29-10-9-17-11-16(12-20(27)30)1-5-18(17)14-29/h1-8,11H,9-10,12-14H2,(H2,27,30)(H,28,31)/b8-4+. The first-order valence-electron chi connectivity index (χ1n) is 9.92. The van der Waals surface area contributed by atoms with Gasteiger partial charge in [-0.05, 0) is 46.9 Å². The van der Waals surface area contributed by atoms with Gasteiger partial charge in [0.15, 0.2) is 0 Å². The maximum Gasteiger partial charge on any atom is 0.416 e. The fourth-order valence-electron chi connectivity index (χ4n) is 3.42. The molecule has 1 aliphatic rings. The van der Waals surface area contributed by atoms with Crippen molar-refractivity contribution < 1.29 is 27.6 Å². The molecule has 3 rings (SSSR count). The van der Waals surface area contributed by atoms with Crippen LogP contribution in [0.15, 0.2) is 48.5 Å². The third-order valence-electron chi connectivity index (χ3n) is 5.09. The molecule has 0 bridgehead atoms. The van der Waals surface area contributed by atoms with Gasteiger partial charge in [0.05, 0.1) is 18.5 Å². The van der Waals surface area contributed by atoms with Gasteiger partial charge in [-0.25, -0.2) is 0 Å². The van der Waals surface area contributed by atoms with Crippen LogP contribution < -0.4 is 11.1 Å². The zero-order valence-electron chi connectivity index (χ0n) is 17.1. The Morgan fingerprint density at radius 2 is 1.78 bits per heavy atom. The molecule has 0 radical (unpaired) electrons. The molecular weight excluding hydrogens is 423 g/mol. The molecule has 6 nitrogen and oxygen atoms in total. The van der Waals surface area contributed by atoms with E-state index in [2.05, 4.69) is 5.32 Å². The fraction of sp³-hybridized carbons (Fsp3) is 0.261. The number of nitrogens with two attached hydrogens (primary N) is 1. The van der Waals surface area contributed by atoms with Crippen LogP contribution in [0.5, 0.6) is 0 Å². The highest BCUT2D eigenvalue weighted by Gasteiger charge is 2.29. The Balaban J connectivity index is 1.50. The number of hydrogen-bond acceptors (Lipinski definition) is 3. The second-order valence-corrected chi connectivity index (χ2v) is 7.48. The van der Waals surface area contributed by atoms with E-state index in [1.165, 1.54) is 24.3 Å². The van der Waals surface area contributed by atoms with E-state index in [0.29, 0.717) is 25.1 Å². The number of halogens is 3. The van der Waals surface area contributed by atoms with Crippen LogP contribution >= 0.6 is 0 Å². The van der Waals surface area contributed by atoms with Crippen molar-refractivity contribution in [2.75, 3.05) is 13.1 Å². The first-order valence-corrected chi connectivity index (χ1v) is 9.92. The summed E-state index contributed by atoms with van der Waals surface area (Å²) in [5.41, 5.74) is 7.77. The summed E-state index contributed by atoms with van der Waals surface area (Å²) >= 11 is 0. The first-order chi connectivity index (χ1) is 15.1. The van der Waals surface area contributed by atoms with E-state index in [1.54, 1.807) is 4.90 Å². The summed E-state index contributed by atoms with van der Waals surface area (Å²) < 4.78 is 37.7. The number of benzene rings is 2. The predicted molar refractivity (Wildman–Crippen MR) is 112 cm³/mol. The van der Waals surface area contributed by atoms with Crippen molar-refractivity contribution in [1.82, 2.24) is 10.2 Å². The Morgan fingerprint density at radius 3 is 2.44 bits per heavy atom. The number of carbonyl (C=O) groups excluding carboxylic acids is 3. The minimum atomic E-state index is -4.42. The lowest BCUT2D eigenvalue weighted by Gasteiger charge is -2.29. The van der Waals surface area contributed by atoms with Crippen molar-refractivity contribution in [2.45, 2.75) is 25.6 Å². The minimum absolute atomic E-state index is 0.169. The average Bonchev–Trinajstić information content (AvgIpc) is 2.75. The van der Waals surface area contributed by atoms with Crippen molar-refractivity contribution in [3.8, 4) is 0 Å². The zero-order valence-corrected chi connectivity index (χ0v) is 17.1. The number of amides is 3. The number of nitrogens with zero attached hydrogens (tertiary/aromatic N) is 1. The average molecular weight is 445 g/mol. The van der Waals surface area contributed by atoms with E-state index in [9.17, 15) is 27.6 Å². The minimum Gasteiger partial charge on any atom is -0.369 e. The van der Waals surface area contributed by atoms with Crippen LogP contribution in [0.2, 0.25) is 0 Å². The largest absolute Gasteiger partial charge is 0.416 e. The second kappa shape index (κ2) is 9.67. The maximum absolute atomic E-state index is 12.6. The molecule has 0 aromatic heterocycles. The lowest BCUT2D eigenvalue weighted by molar-refractivity contribution is -0.137. The Morgan fingerprint density at radius 1 is 1.06 bits per heavy atom. The summed E-state index contributed by atoms with van der Waals surface area (Å²) in [7, 11) is 0. The van der Waals surface area contributed by atoms with Crippen LogP contribution in [-0.2, 0) is 39.9 Å². The SMILES string of the molecule is NC(=O)Cc1ccc2c(c1)CCN(C(=O)CNC(=O)/C=C/c1ccc(C(F)(F)F)cc1)C2. The van der Waals surface area contributed by atoms with Crippen molar-refractivity contribution in [3.05, 3.63) is 76.4 Å². The summed E-state index contributed by atoms with van der Waals surface area (Å²) in [5.74, 6) is -1.17. The molecule has 0 aliphatic carbocycles. The predicted octanol–water partition coefficient (Wildman–Crippen LogP) is 2.45. The molecule has 9 heteroatoms. The topological polar surface area (TPSA) is 92.5 Å². The molecule has 1 heterocycles. The van der Waals surface area contributed by atoms with Crippen LogP contribution in [0.1, 0.15) is 27.8 Å². The lowest BCUT2D eigenvalue weighted by Crippen LogP contribution is -2.42. The third kappa shape index (κ3) is 6.19. The van der Waals surface area contributed by atoms with E-state index in [-0.39, 0.29) is 18.9 Å². The molecular formula is C23H22F3N3O3. The van der Waals surface area contributed by atoms with Gasteiger partial charge in [0.1, 0.15) is 0 Å². The highest BCUT2D eigenvalue weighted by Crippen LogP contribution is 2.29. The second-order valence-electron chi connectivity index (χ2n) is 7.48. The molecule has 0 unspecified atom stereocenters. The normalized spacial score (nSPS) is 13.7. The Kier molecular flexibility index (Phi) is 6.97. The molecule has 1 aliphatic heterocycles. The zero-order chi connectivity index (χ0) is 23.3. The number of rotatable bonds is 6. The lowest BCUT2D eigenvalue weighted by atomic mass is 9.96. The van der Waals surface area contributed by atoms with Crippen LogP contribution in [0, 0.1) is 0 Å². The van der Waals surface area contributed by atoms with E-state index >= 15 is 0 Å². The van der Waals surface area contributed by atoms with Gasteiger partial charge in [0.25, 0.3) is 0 Å². The van der Waals surface area contributed by atoms with E-state index in [1.807, 2.05) is 18.2 Å². The van der Waals surface area contributed by atoms with E-state index in [0.717, 1.165) is 28.8 Å². The molecule has 0 saturated heterocycles. The van der Waals surface area contributed by atoms with Gasteiger partial charge in [-0.3, -0.25) is 14.4 Å². The van der Waals surface area contributed by atoms with E-state index < -0.39 is 23.6 Å². The molecule has 2 aromatic carbocycles. The molecule has 3 amide bonds. The highest BCUT2D eigenvalue weighted by atomic mass is 19.4.